The molecular formula is C19H23NO2S. The van der Waals surface area contributed by atoms with E-state index in [2.05, 4.69) is 17.4 Å². The first-order chi connectivity index (χ1) is 11.2. The lowest BCUT2D eigenvalue weighted by Crippen LogP contribution is -2.23. The molecule has 0 aromatic heterocycles. The summed E-state index contributed by atoms with van der Waals surface area (Å²) in [5.41, 5.74) is 3.06. The van der Waals surface area contributed by atoms with Crippen molar-refractivity contribution in [3.8, 4) is 0 Å². The molecule has 1 unspecified atom stereocenters. The second kappa shape index (κ2) is 9.38. The number of anilines is 1. The summed E-state index contributed by atoms with van der Waals surface area (Å²) in [6.45, 7) is 5.07. The summed E-state index contributed by atoms with van der Waals surface area (Å²) in [6, 6.07) is 18.0. The molecule has 0 saturated carbocycles. The molecular weight excluding hydrogens is 306 g/mol. The molecule has 0 radical (unpaired) electrons. The predicted molar refractivity (Wildman–Crippen MR) is 97.6 cm³/mol. The van der Waals surface area contributed by atoms with Crippen LogP contribution < -0.4 is 5.32 Å². The van der Waals surface area contributed by atoms with Gasteiger partial charge in [0.05, 0.1) is 11.9 Å². The van der Waals surface area contributed by atoms with Crippen LogP contribution in [0.15, 0.2) is 54.6 Å². The molecule has 0 saturated heterocycles. The smallest absolute Gasteiger partial charge is 0.237 e. The van der Waals surface area contributed by atoms with E-state index >= 15 is 0 Å². The fourth-order valence-corrected chi connectivity index (χ4v) is 2.93. The number of rotatable bonds is 8. The zero-order chi connectivity index (χ0) is 16.5. The van der Waals surface area contributed by atoms with Crippen LogP contribution in [0.5, 0.6) is 0 Å². The van der Waals surface area contributed by atoms with E-state index in [0.717, 1.165) is 17.0 Å². The Hall–Kier alpha value is -1.78. The lowest BCUT2D eigenvalue weighted by Gasteiger charge is -2.15. The van der Waals surface area contributed by atoms with Crippen molar-refractivity contribution in [1.82, 2.24) is 0 Å². The molecule has 2 rings (SSSR count). The van der Waals surface area contributed by atoms with Crippen molar-refractivity contribution < 1.29 is 9.53 Å². The summed E-state index contributed by atoms with van der Waals surface area (Å²) in [4.78, 5) is 12.4. The Labute approximate surface area is 142 Å². The van der Waals surface area contributed by atoms with E-state index in [9.17, 15) is 4.79 Å². The molecule has 1 amide bonds. The first-order valence-electron chi connectivity index (χ1n) is 7.82. The molecule has 4 heteroatoms. The lowest BCUT2D eigenvalue weighted by atomic mass is 10.2. The standard InChI is InChI=1S/C19H23NO2S/c1-3-22-13-17-11-7-8-12-18(17)20-19(21)15(2)23-14-16-9-5-4-6-10-16/h4-12,15H,3,13-14H2,1-2H3,(H,20,21). The lowest BCUT2D eigenvalue weighted by molar-refractivity contribution is -0.115. The fourth-order valence-electron chi connectivity index (χ4n) is 2.09. The van der Waals surface area contributed by atoms with Crippen LogP contribution >= 0.6 is 11.8 Å². The number of benzene rings is 2. The minimum absolute atomic E-state index is 0.0230. The van der Waals surface area contributed by atoms with Crippen molar-refractivity contribution in [3.63, 3.8) is 0 Å². The van der Waals surface area contributed by atoms with Crippen molar-refractivity contribution in [3.05, 3.63) is 65.7 Å². The normalized spacial score (nSPS) is 11.9. The summed E-state index contributed by atoms with van der Waals surface area (Å²) in [7, 11) is 0. The van der Waals surface area contributed by atoms with Crippen LogP contribution in [0.4, 0.5) is 5.69 Å². The molecule has 0 aliphatic carbocycles. The summed E-state index contributed by atoms with van der Waals surface area (Å²) < 4.78 is 5.45. The molecule has 0 aliphatic heterocycles. The van der Waals surface area contributed by atoms with Crippen LogP contribution in [0, 0.1) is 0 Å². The molecule has 1 N–H and O–H groups in total. The summed E-state index contributed by atoms with van der Waals surface area (Å²) >= 11 is 1.64. The average Bonchev–Trinajstić information content (AvgIpc) is 2.59. The monoisotopic (exact) mass is 329 g/mol. The molecule has 122 valence electrons. The zero-order valence-electron chi connectivity index (χ0n) is 13.6. The van der Waals surface area contributed by atoms with Crippen LogP contribution in [0.25, 0.3) is 0 Å². The summed E-state index contributed by atoms with van der Waals surface area (Å²) in [5.74, 6) is 0.852. The molecule has 0 spiro atoms. The minimum Gasteiger partial charge on any atom is -0.377 e. The van der Waals surface area contributed by atoms with E-state index in [1.165, 1.54) is 5.56 Å². The molecule has 0 fully saturated rings. The number of nitrogens with one attached hydrogen (secondary N) is 1. The van der Waals surface area contributed by atoms with E-state index in [4.69, 9.17) is 4.74 Å². The van der Waals surface area contributed by atoms with Crippen LogP contribution in [-0.4, -0.2) is 17.8 Å². The Morgan fingerprint density at radius 2 is 1.83 bits per heavy atom. The number of carbonyl (C=O) groups is 1. The first-order valence-corrected chi connectivity index (χ1v) is 8.87. The highest BCUT2D eigenvalue weighted by molar-refractivity contribution is 7.99. The van der Waals surface area contributed by atoms with Gasteiger partial charge in [-0.15, -0.1) is 11.8 Å². The summed E-state index contributed by atoms with van der Waals surface area (Å²) in [5, 5.41) is 2.90. The highest BCUT2D eigenvalue weighted by Gasteiger charge is 2.15. The van der Waals surface area contributed by atoms with E-state index in [-0.39, 0.29) is 11.2 Å². The van der Waals surface area contributed by atoms with Gasteiger partial charge in [-0.05, 0) is 25.5 Å². The van der Waals surface area contributed by atoms with E-state index in [1.54, 1.807) is 11.8 Å². The van der Waals surface area contributed by atoms with Gasteiger partial charge in [0.15, 0.2) is 0 Å². The number of carbonyl (C=O) groups excluding carboxylic acids is 1. The third-order valence-electron chi connectivity index (χ3n) is 3.45. The van der Waals surface area contributed by atoms with Crippen LogP contribution in [0.3, 0.4) is 0 Å². The van der Waals surface area contributed by atoms with Crippen molar-refractivity contribution in [2.75, 3.05) is 11.9 Å². The molecule has 0 bridgehead atoms. The predicted octanol–water partition coefficient (Wildman–Crippen LogP) is 4.48. The van der Waals surface area contributed by atoms with Crippen LogP contribution in [0.2, 0.25) is 0 Å². The first kappa shape index (κ1) is 17.6. The number of para-hydroxylation sites is 1. The van der Waals surface area contributed by atoms with Gasteiger partial charge < -0.3 is 10.1 Å². The maximum Gasteiger partial charge on any atom is 0.237 e. The van der Waals surface area contributed by atoms with Crippen molar-refractivity contribution in [2.45, 2.75) is 31.5 Å². The quantitative estimate of drug-likeness (QED) is 0.776. The third-order valence-corrected chi connectivity index (χ3v) is 4.66. The minimum atomic E-state index is -0.115. The van der Waals surface area contributed by atoms with Crippen molar-refractivity contribution >= 4 is 23.4 Å². The number of thioether (sulfide) groups is 1. The molecule has 1 atom stereocenters. The zero-order valence-corrected chi connectivity index (χ0v) is 14.4. The maximum atomic E-state index is 12.4. The van der Waals surface area contributed by atoms with Gasteiger partial charge in [0.25, 0.3) is 0 Å². The Morgan fingerprint density at radius 3 is 2.57 bits per heavy atom. The molecule has 2 aromatic rings. The Morgan fingerprint density at radius 1 is 1.13 bits per heavy atom. The van der Waals surface area contributed by atoms with Gasteiger partial charge in [-0.25, -0.2) is 0 Å². The Bertz CT molecular complexity index is 616. The van der Waals surface area contributed by atoms with Crippen LogP contribution in [0.1, 0.15) is 25.0 Å². The van der Waals surface area contributed by atoms with Gasteiger partial charge in [-0.2, -0.15) is 0 Å². The molecule has 2 aromatic carbocycles. The van der Waals surface area contributed by atoms with Gasteiger partial charge in [-0.3, -0.25) is 4.79 Å². The van der Waals surface area contributed by atoms with Gasteiger partial charge in [0, 0.05) is 23.6 Å². The van der Waals surface area contributed by atoms with Crippen molar-refractivity contribution in [2.24, 2.45) is 0 Å². The SMILES string of the molecule is CCOCc1ccccc1NC(=O)C(C)SCc1ccccc1. The molecule has 0 heterocycles. The number of hydrogen-bond acceptors (Lipinski definition) is 3. The second-order valence-corrected chi connectivity index (χ2v) is 6.55. The van der Waals surface area contributed by atoms with E-state index in [1.807, 2.05) is 56.3 Å². The third kappa shape index (κ3) is 5.73. The fraction of sp³-hybridized carbons (Fsp3) is 0.316. The Kier molecular flexibility index (Phi) is 7.17. The molecule has 0 aliphatic rings. The van der Waals surface area contributed by atoms with Crippen LogP contribution in [-0.2, 0) is 21.9 Å². The van der Waals surface area contributed by atoms with Gasteiger partial charge in [0.2, 0.25) is 5.91 Å². The Balaban J connectivity index is 1.90. The number of amides is 1. The van der Waals surface area contributed by atoms with E-state index < -0.39 is 0 Å². The van der Waals surface area contributed by atoms with Crippen molar-refractivity contribution in [1.29, 1.82) is 0 Å². The largest absolute Gasteiger partial charge is 0.377 e. The topological polar surface area (TPSA) is 38.3 Å². The number of hydrogen-bond donors (Lipinski definition) is 1. The van der Waals surface area contributed by atoms with E-state index in [0.29, 0.717) is 13.2 Å². The highest BCUT2D eigenvalue weighted by atomic mass is 32.2. The van der Waals surface area contributed by atoms with Gasteiger partial charge in [0.1, 0.15) is 0 Å². The number of ether oxygens (including phenoxy) is 1. The molecule has 3 nitrogen and oxygen atoms in total. The van der Waals surface area contributed by atoms with Gasteiger partial charge >= 0.3 is 0 Å². The van der Waals surface area contributed by atoms with Gasteiger partial charge in [-0.1, -0.05) is 48.5 Å². The highest BCUT2D eigenvalue weighted by Crippen LogP contribution is 2.21. The second-order valence-electron chi connectivity index (χ2n) is 5.22. The maximum absolute atomic E-state index is 12.4. The summed E-state index contributed by atoms with van der Waals surface area (Å²) in [6.07, 6.45) is 0. The molecule has 23 heavy (non-hydrogen) atoms. The average molecular weight is 329 g/mol.